The number of H-pyrrole nitrogens is 1. The molecule has 2 aliphatic rings. The predicted molar refractivity (Wildman–Crippen MR) is 138 cm³/mol. The number of likely N-dealkylation sites (tertiary alicyclic amines) is 1. The highest BCUT2D eigenvalue weighted by Gasteiger charge is 2.48. The predicted octanol–water partition coefficient (Wildman–Crippen LogP) is 4.63. The number of carbonyl (C=O) groups excluding carboxylic acids is 2. The average Bonchev–Trinajstić information content (AvgIpc) is 3.35. The summed E-state index contributed by atoms with van der Waals surface area (Å²) >= 11 is 0. The number of nitrogens with one attached hydrogen (secondary N) is 1. The number of carbonyl (C=O) groups is 2. The highest BCUT2D eigenvalue weighted by atomic mass is 16.6. The number of amides is 2. The van der Waals surface area contributed by atoms with E-state index in [2.05, 4.69) is 40.9 Å². The third-order valence-electron chi connectivity index (χ3n) is 7.62. The molecule has 1 N–H and O–H groups in total. The molecule has 1 spiro atoms. The van der Waals surface area contributed by atoms with Crippen molar-refractivity contribution in [2.45, 2.75) is 91.2 Å². The largest absolute Gasteiger partial charge is 0.444 e. The molecule has 3 rings (SSSR count). The summed E-state index contributed by atoms with van der Waals surface area (Å²) in [5, 5.41) is 7.70. The van der Waals surface area contributed by atoms with Crippen molar-refractivity contribution in [1.82, 2.24) is 24.9 Å². The first-order valence-electron chi connectivity index (χ1n) is 13.3. The normalized spacial score (nSPS) is 23.1. The van der Waals surface area contributed by atoms with Gasteiger partial charge in [0.2, 0.25) is 5.91 Å². The summed E-state index contributed by atoms with van der Waals surface area (Å²) < 4.78 is 5.44. The van der Waals surface area contributed by atoms with E-state index in [1.807, 2.05) is 27.0 Å². The summed E-state index contributed by atoms with van der Waals surface area (Å²) in [5.74, 6) is 1.42. The molecule has 35 heavy (non-hydrogen) atoms. The van der Waals surface area contributed by atoms with Crippen LogP contribution in [0.15, 0.2) is 6.20 Å². The minimum absolute atomic E-state index is 0.132. The van der Waals surface area contributed by atoms with Crippen LogP contribution >= 0.6 is 0 Å². The first-order valence-corrected chi connectivity index (χ1v) is 13.3. The van der Waals surface area contributed by atoms with E-state index in [1.165, 1.54) is 5.56 Å². The molecule has 0 bridgehead atoms. The van der Waals surface area contributed by atoms with Crippen molar-refractivity contribution < 1.29 is 14.3 Å². The van der Waals surface area contributed by atoms with Crippen LogP contribution in [0.2, 0.25) is 0 Å². The van der Waals surface area contributed by atoms with Crippen molar-refractivity contribution in [3.8, 4) is 0 Å². The highest BCUT2D eigenvalue weighted by Crippen LogP contribution is 2.49. The van der Waals surface area contributed by atoms with Gasteiger partial charge in [-0.25, -0.2) is 4.79 Å². The Morgan fingerprint density at radius 3 is 2.54 bits per heavy atom. The minimum Gasteiger partial charge on any atom is -0.444 e. The third-order valence-corrected chi connectivity index (χ3v) is 7.62. The molecule has 1 aliphatic carbocycles. The maximum absolute atomic E-state index is 13.2. The van der Waals surface area contributed by atoms with Crippen LogP contribution in [-0.4, -0.2) is 82.8 Å². The van der Waals surface area contributed by atoms with Crippen molar-refractivity contribution in [3.05, 3.63) is 17.5 Å². The molecule has 1 saturated carbocycles. The number of rotatable bonds is 9. The van der Waals surface area contributed by atoms with Gasteiger partial charge >= 0.3 is 6.09 Å². The van der Waals surface area contributed by atoms with Gasteiger partial charge in [0.05, 0.1) is 11.1 Å². The van der Waals surface area contributed by atoms with E-state index in [9.17, 15) is 9.59 Å². The Labute approximate surface area is 211 Å². The molecule has 0 aromatic carbocycles. The molecule has 2 fully saturated rings. The van der Waals surface area contributed by atoms with Crippen LogP contribution in [0.3, 0.4) is 0 Å². The molecule has 1 aromatic rings. The Morgan fingerprint density at radius 1 is 1.23 bits per heavy atom. The van der Waals surface area contributed by atoms with E-state index >= 15 is 0 Å². The van der Waals surface area contributed by atoms with Crippen LogP contribution in [0.4, 0.5) is 4.79 Å². The van der Waals surface area contributed by atoms with Gasteiger partial charge < -0.3 is 19.4 Å². The molecule has 1 aromatic heterocycles. The lowest BCUT2D eigenvalue weighted by atomic mass is 9.68. The number of likely N-dealkylation sites (N-methyl/N-ethyl adjacent to an activating group) is 2. The fraction of sp³-hybridized carbons (Fsp3) is 0.815. The lowest BCUT2D eigenvalue weighted by Crippen LogP contribution is -2.38. The summed E-state index contributed by atoms with van der Waals surface area (Å²) in [6.45, 7) is 14.0. The van der Waals surface area contributed by atoms with E-state index in [-0.39, 0.29) is 11.5 Å². The second-order valence-corrected chi connectivity index (χ2v) is 12.2. The first kappa shape index (κ1) is 27.5. The molecule has 2 heterocycles. The Bertz CT molecular complexity index is 851. The molecule has 0 atom stereocenters. The van der Waals surface area contributed by atoms with Gasteiger partial charge in [-0.2, -0.15) is 5.10 Å². The van der Waals surface area contributed by atoms with Gasteiger partial charge in [-0.1, -0.05) is 13.8 Å². The van der Waals surface area contributed by atoms with Gasteiger partial charge in [0.1, 0.15) is 5.60 Å². The maximum Gasteiger partial charge on any atom is 0.410 e. The van der Waals surface area contributed by atoms with E-state index in [0.717, 1.165) is 70.4 Å². The fourth-order valence-corrected chi connectivity index (χ4v) is 5.36. The van der Waals surface area contributed by atoms with Crippen molar-refractivity contribution in [2.24, 2.45) is 11.3 Å². The van der Waals surface area contributed by atoms with Gasteiger partial charge in [0.15, 0.2) is 0 Å². The zero-order chi connectivity index (χ0) is 25.8. The summed E-state index contributed by atoms with van der Waals surface area (Å²) in [5.41, 5.74) is 1.74. The molecule has 2 amide bonds. The first-order chi connectivity index (χ1) is 16.4. The van der Waals surface area contributed by atoms with Gasteiger partial charge in [-0.15, -0.1) is 0 Å². The molecule has 198 valence electrons. The number of nitrogens with zero attached hydrogens (tertiary/aromatic N) is 4. The summed E-state index contributed by atoms with van der Waals surface area (Å²) in [6.07, 6.45) is 7.78. The lowest BCUT2D eigenvalue weighted by Gasteiger charge is -2.35. The number of aromatic nitrogens is 2. The van der Waals surface area contributed by atoms with E-state index in [0.29, 0.717) is 24.3 Å². The standard InChI is InChI=1S/C27H47N5O3/c1-20(2)10-14-32-15-13-27(24(32)33)11-8-21(9-12-27)23-22(18-28-29-23)19-30(6)16-17-31(7)25(34)35-26(3,4)5/h18,20-21H,8-17,19H2,1-7H3,(H,28,29). The van der Waals surface area contributed by atoms with Crippen molar-refractivity contribution in [1.29, 1.82) is 0 Å². The van der Waals surface area contributed by atoms with Crippen LogP contribution in [0.5, 0.6) is 0 Å². The Balaban J connectivity index is 1.49. The molecular formula is C27H47N5O3. The van der Waals surface area contributed by atoms with Gasteiger partial charge in [-0.05, 0) is 72.3 Å². The molecule has 0 radical (unpaired) electrons. The maximum atomic E-state index is 13.2. The van der Waals surface area contributed by atoms with Gasteiger partial charge in [-0.3, -0.25) is 9.89 Å². The zero-order valence-electron chi connectivity index (χ0n) is 23.0. The van der Waals surface area contributed by atoms with Crippen LogP contribution in [0.1, 0.15) is 90.3 Å². The van der Waals surface area contributed by atoms with Crippen LogP contribution in [-0.2, 0) is 16.1 Å². The molecule has 8 nitrogen and oxygen atoms in total. The van der Waals surface area contributed by atoms with Crippen molar-refractivity contribution in [2.75, 3.05) is 40.3 Å². The topological polar surface area (TPSA) is 81.8 Å². The SMILES string of the molecule is CC(C)CCN1CCC2(CCC(c3n[nH]cc3CN(C)CCN(C)C(=O)OC(C)(C)C)CC2)C1=O. The second kappa shape index (κ2) is 11.3. The fourth-order valence-electron chi connectivity index (χ4n) is 5.36. The Kier molecular flexibility index (Phi) is 8.89. The molecule has 8 heteroatoms. The van der Waals surface area contributed by atoms with Crippen LogP contribution in [0.25, 0.3) is 0 Å². The second-order valence-electron chi connectivity index (χ2n) is 12.2. The number of aromatic amines is 1. The molecular weight excluding hydrogens is 442 g/mol. The van der Waals surface area contributed by atoms with Gasteiger partial charge in [0.25, 0.3) is 0 Å². The van der Waals surface area contributed by atoms with Gasteiger partial charge in [0, 0.05) is 57.4 Å². The number of hydrogen-bond donors (Lipinski definition) is 1. The van der Waals surface area contributed by atoms with Crippen LogP contribution < -0.4 is 0 Å². The average molecular weight is 490 g/mol. The van der Waals surface area contributed by atoms with E-state index < -0.39 is 5.60 Å². The van der Waals surface area contributed by atoms with Crippen molar-refractivity contribution >= 4 is 12.0 Å². The monoisotopic (exact) mass is 489 g/mol. The van der Waals surface area contributed by atoms with Crippen LogP contribution in [0, 0.1) is 11.3 Å². The quantitative estimate of drug-likeness (QED) is 0.547. The molecule has 0 unspecified atom stereocenters. The summed E-state index contributed by atoms with van der Waals surface area (Å²) in [4.78, 5) is 31.4. The number of hydrogen-bond acceptors (Lipinski definition) is 5. The summed E-state index contributed by atoms with van der Waals surface area (Å²) in [6, 6.07) is 0. The highest BCUT2D eigenvalue weighted by molar-refractivity contribution is 5.85. The summed E-state index contributed by atoms with van der Waals surface area (Å²) in [7, 11) is 3.84. The smallest absolute Gasteiger partial charge is 0.410 e. The third kappa shape index (κ3) is 7.21. The number of ether oxygens (including phenoxy) is 1. The zero-order valence-corrected chi connectivity index (χ0v) is 23.0. The molecule has 1 saturated heterocycles. The Morgan fingerprint density at radius 2 is 1.91 bits per heavy atom. The minimum atomic E-state index is -0.489. The van der Waals surface area contributed by atoms with Crippen molar-refractivity contribution in [3.63, 3.8) is 0 Å². The van der Waals surface area contributed by atoms with E-state index in [4.69, 9.17) is 4.74 Å². The Hall–Kier alpha value is -2.09. The molecule has 1 aliphatic heterocycles. The van der Waals surface area contributed by atoms with E-state index in [1.54, 1.807) is 11.9 Å². The lowest BCUT2D eigenvalue weighted by molar-refractivity contribution is -0.137.